The fraction of sp³-hybridized carbons (Fsp3) is 0.391. The Balaban J connectivity index is 1.59. The topological polar surface area (TPSA) is 102 Å². The largest absolute Gasteiger partial charge is 0.454 e. The van der Waals surface area contributed by atoms with Crippen molar-refractivity contribution < 1.29 is 22.7 Å². The van der Waals surface area contributed by atoms with Crippen molar-refractivity contribution in [2.45, 2.75) is 50.1 Å². The van der Waals surface area contributed by atoms with Gasteiger partial charge in [-0.2, -0.15) is 4.72 Å². The maximum Gasteiger partial charge on any atom is 0.324 e. The number of amides is 1. The van der Waals surface area contributed by atoms with Gasteiger partial charge in [0.1, 0.15) is 6.04 Å². The predicted molar refractivity (Wildman–Crippen MR) is 117 cm³/mol. The number of ether oxygens (including phenoxy) is 1. The number of benzene rings is 2. The summed E-state index contributed by atoms with van der Waals surface area (Å²) in [7, 11) is -3.90. The lowest BCUT2D eigenvalue weighted by Crippen LogP contribution is -2.46. The second kappa shape index (κ2) is 10.1. The van der Waals surface area contributed by atoms with Gasteiger partial charge < -0.3 is 10.1 Å². The summed E-state index contributed by atoms with van der Waals surface area (Å²) in [5.41, 5.74) is 2.30. The Morgan fingerprint density at radius 1 is 1.06 bits per heavy atom. The Morgan fingerprint density at radius 2 is 1.74 bits per heavy atom. The molecular formula is C23H28N2O5S. The van der Waals surface area contributed by atoms with Gasteiger partial charge in [-0.25, -0.2) is 8.42 Å². The Morgan fingerprint density at radius 3 is 2.45 bits per heavy atom. The van der Waals surface area contributed by atoms with Crippen molar-refractivity contribution in [2.24, 2.45) is 5.92 Å². The molecule has 2 aromatic rings. The molecule has 2 aromatic carbocycles. The standard InChI is InChI=1S/C23H28N2O5S/c1-16(2)22(25-31(28,29)18-11-4-3-5-12-18)23(27)30-15-21(26)24-20-14-8-10-17-9-6-7-13-19(17)20/h3-7,9,11-13,16,20,22,25H,8,10,14-15H2,1-2H3,(H,24,26)/t20-,22+/m0/s1. The maximum atomic E-state index is 12.6. The van der Waals surface area contributed by atoms with Gasteiger partial charge in [-0.15, -0.1) is 0 Å². The summed E-state index contributed by atoms with van der Waals surface area (Å²) >= 11 is 0. The third kappa shape index (κ3) is 5.92. The molecule has 3 rings (SSSR count). The third-order valence-electron chi connectivity index (χ3n) is 5.31. The van der Waals surface area contributed by atoms with Crippen LogP contribution in [-0.4, -0.2) is 32.9 Å². The minimum absolute atomic E-state index is 0.0576. The molecule has 0 saturated heterocycles. The second-order valence-corrected chi connectivity index (χ2v) is 9.69. The molecule has 2 atom stereocenters. The lowest BCUT2D eigenvalue weighted by atomic mass is 9.88. The highest BCUT2D eigenvalue weighted by Gasteiger charge is 2.30. The summed E-state index contributed by atoms with van der Waals surface area (Å²) in [5, 5.41) is 2.92. The van der Waals surface area contributed by atoms with Gasteiger partial charge in [0.25, 0.3) is 5.91 Å². The molecule has 0 unspecified atom stereocenters. The van der Waals surface area contributed by atoms with E-state index in [1.807, 2.05) is 18.2 Å². The molecule has 2 N–H and O–H groups in total. The first-order valence-electron chi connectivity index (χ1n) is 10.4. The molecule has 1 aliphatic rings. The van der Waals surface area contributed by atoms with Gasteiger partial charge in [0.05, 0.1) is 10.9 Å². The van der Waals surface area contributed by atoms with Crippen molar-refractivity contribution in [3.8, 4) is 0 Å². The molecular weight excluding hydrogens is 416 g/mol. The van der Waals surface area contributed by atoms with Crippen LogP contribution >= 0.6 is 0 Å². The van der Waals surface area contributed by atoms with Gasteiger partial charge in [-0.1, -0.05) is 56.3 Å². The van der Waals surface area contributed by atoms with E-state index in [4.69, 9.17) is 4.74 Å². The van der Waals surface area contributed by atoms with E-state index in [2.05, 4.69) is 16.1 Å². The Bertz CT molecular complexity index is 1020. The normalized spacial score (nSPS) is 16.9. The highest BCUT2D eigenvalue weighted by molar-refractivity contribution is 7.89. The maximum absolute atomic E-state index is 12.6. The molecule has 0 radical (unpaired) electrons. The van der Waals surface area contributed by atoms with Crippen LogP contribution in [0.3, 0.4) is 0 Å². The fourth-order valence-electron chi connectivity index (χ4n) is 3.66. The van der Waals surface area contributed by atoms with E-state index in [1.54, 1.807) is 32.0 Å². The molecule has 0 heterocycles. The van der Waals surface area contributed by atoms with Crippen molar-refractivity contribution in [3.63, 3.8) is 0 Å². The smallest absolute Gasteiger partial charge is 0.324 e. The summed E-state index contributed by atoms with van der Waals surface area (Å²) in [6.45, 7) is 2.95. The van der Waals surface area contributed by atoms with Gasteiger partial charge in [-0.3, -0.25) is 9.59 Å². The van der Waals surface area contributed by atoms with Gasteiger partial charge >= 0.3 is 5.97 Å². The molecule has 1 amide bonds. The summed E-state index contributed by atoms with van der Waals surface area (Å²) in [5.74, 6) is -1.56. The van der Waals surface area contributed by atoms with E-state index in [9.17, 15) is 18.0 Å². The molecule has 0 aliphatic heterocycles. The number of hydrogen-bond donors (Lipinski definition) is 2. The molecule has 0 fully saturated rings. The van der Waals surface area contributed by atoms with Crippen molar-refractivity contribution in [1.29, 1.82) is 0 Å². The summed E-state index contributed by atoms with van der Waals surface area (Å²) in [4.78, 5) is 25.0. The predicted octanol–water partition coefficient (Wildman–Crippen LogP) is 2.73. The van der Waals surface area contributed by atoms with Crippen molar-refractivity contribution >= 4 is 21.9 Å². The Kier molecular flexibility index (Phi) is 7.46. The summed E-state index contributed by atoms with van der Waals surface area (Å²) in [6.07, 6.45) is 2.77. The molecule has 0 spiro atoms. The molecule has 0 aromatic heterocycles. The zero-order valence-electron chi connectivity index (χ0n) is 17.7. The third-order valence-corrected chi connectivity index (χ3v) is 6.76. The minimum Gasteiger partial charge on any atom is -0.454 e. The number of esters is 1. The highest BCUT2D eigenvalue weighted by Crippen LogP contribution is 2.29. The molecule has 8 heteroatoms. The van der Waals surface area contributed by atoms with Crippen LogP contribution in [0.2, 0.25) is 0 Å². The quantitative estimate of drug-likeness (QED) is 0.610. The number of carbonyl (C=O) groups is 2. The lowest BCUT2D eigenvalue weighted by Gasteiger charge is -2.26. The SMILES string of the molecule is CC(C)[C@@H](NS(=O)(=O)c1ccccc1)C(=O)OCC(=O)N[C@H]1CCCc2ccccc21. The van der Waals surface area contributed by atoms with Crippen LogP contribution in [0.25, 0.3) is 0 Å². The van der Waals surface area contributed by atoms with E-state index in [0.29, 0.717) is 0 Å². The summed E-state index contributed by atoms with van der Waals surface area (Å²) < 4.78 is 32.7. The van der Waals surface area contributed by atoms with E-state index in [0.717, 1.165) is 24.8 Å². The zero-order chi connectivity index (χ0) is 22.4. The van der Waals surface area contributed by atoms with E-state index < -0.39 is 34.5 Å². The molecule has 0 saturated carbocycles. The number of fused-ring (bicyclic) bond motifs is 1. The average molecular weight is 445 g/mol. The van der Waals surface area contributed by atoms with Crippen LogP contribution < -0.4 is 10.0 Å². The van der Waals surface area contributed by atoms with Gasteiger partial charge in [0.2, 0.25) is 10.0 Å². The van der Waals surface area contributed by atoms with Crippen LogP contribution in [0, 0.1) is 5.92 Å². The second-order valence-electron chi connectivity index (χ2n) is 7.97. The van der Waals surface area contributed by atoms with Crippen LogP contribution in [0.4, 0.5) is 0 Å². The summed E-state index contributed by atoms with van der Waals surface area (Å²) in [6, 6.07) is 14.6. The number of sulfonamides is 1. The monoisotopic (exact) mass is 444 g/mol. The van der Waals surface area contributed by atoms with E-state index in [1.165, 1.54) is 17.7 Å². The van der Waals surface area contributed by atoms with Crippen LogP contribution in [0.1, 0.15) is 43.9 Å². The van der Waals surface area contributed by atoms with Crippen molar-refractivity contribution in [2.75, 3.05) is 6.61 Å². The Labute approximate surface area is 183 Å². The average Bonchev–Trinajstić information content (AvgIpc) is 2.76. The van der Waals surface area contributed by atoms with Gasteiger partial charge in [-0.05, 0) is 48.4 Å². The number of rotatable bonds is 8. The number of hydrogen-bond acceptors (Lipinski definition) is 5. The molecule has 7 nitrogen and oxygen atoms in total. The first-order valence-corrected chi connectivity index (χ1v) is 11.9. The van der Waals surface area contributed by atoms with Gasteiger partial charge in [0, 0.05) is 0 Å². The fourth-order valence-corrected chi connectivity index (χ4v) is 5.01. The number of nitrogens with one attached hydrogen (secondary N) is 2. The molecule has 31 heavy (non-hydrogen) atoms. The number of aryl methyl sites for hydroxylation is 1. The highest BCUT2D eigenvalue weighted by atomic mass is 32.2. The lowest BCUT2D eigenvalue weighted by molar-refractivity contribution is -0.151. The van der Waals surface area contributed by atoms with Gasteiger partial charge in [0.15, 0.2) is 6.61 Å². The van der Waals surface area contributed by atoms with Crippen molar-refractivity contribution in [3.05, 3.63) is 65.7 Å². The Hall–Kier alpha value is -2.71. The van der Waals surface area contributed by atoms with Crippen LogP contribution in [0.15, 0.2) is 59.5 Å². The zero-order valence-corrected chi connectivity index (χ0v) is 18.5. The first-order chi connectivity index (χ1) is 14.8. The molecule has 1 aliphatic carbocycles. The van der Waals surface area contributed by atoms with Crippen molar-refractivity contribution in [1.82, 2.24) is 10.0 Å². The molecule has 0 bridgehead atoms. The van der Waals surface area contributed by atoms with E-state index >= 15 is 0 Å². The van der Waals surface area contributed by atoms with Crippen LogP contribution in [-0.2, 0) is 30.8 Å². The van der Waals surface area contributed by atoms with Crippen LogP contribution in [0.5, 0.6) is 0 Å². The van der Waals surface area contributed by atoms with E-state index in [-0.39, 0.29) is 16.9 Å². The first kappa shape index (κ1) is 23.0. The minimum atomic E-state index is -3.90. The number of carbonyl (C=O) groups excluding carboxylic acids is 2. The molecule has 166 valence electrons.